The number of nitrogens with two attached hydrogens (primary N) is 1. The second-order valence-electron chi connectivity index (χ2n) is 10.3. The Balaban J connectivity index is 1.52. The minimum absolute atomic E-state index is 0.0183. The number of hydrogen-bond donors (Lipinski definition) is 1. The predicted molar refractivity (Wildman–Crippen MR) is 143 cm³/mol. The second kappa shape index (κ2) is 11.6. The summed E-state index contributed by atoms with van der Waals surface area (Å²) in [6, 6.07) is 15.2. The van der Waals surface area contributed by atoms with Crippen LogP contribution in [0.3, 0.4) is 0 Å². The molecule has 1 aliphatic heterocycles. The van der Waals surface area contributed by atoms with Gasteiger partial charge in [0.1, 0.15) is 0 Å². The van der Waals surface area contributed by atoms with Crippen molar-refractivity contribution in [2.24, 2.45) is 11.7 Å². The largest absolute Gasteiger partial charge is 0.381 e. The number of carbonyl (C=O) groups excluding carboxylic acids is 1. The van der Waals surface area contributed by atoms with E-state index in [0.717, 1.165) is 49.1 Å². The summed E-state index contributed by atoms with van der Waals surface area (Å²) in [5.74, 6) is 0.181. The van der Waals surface area contributed by atoms with Gasteiger partial charge in [-0.1, -0.05) is 35.9 Å². The van der Waals surface area contributed by atoms with Crippen molar-refractivity contribution in [1.29, 1.82) is 0 Å². The quantitative estimate of drug-likeness (QED) is 0.545. The highest BCUT2D eigenvalue weighted by molar-refractivity contribution is 7.90. The number of nitrogens with zero attached hydrogens (tertiary/aromatic N) is 1. The number of carbonyl (C=O) groups is 1. The zero-order valence-corrected chi connectivity index (χ0v) is 22.6. The van der Waals surface area contributed by atoms with Gasteiger partial charge in [-0.05, 0) is 80.3 Å². The van der Waals surface area contributed by atoms with Gasteiger partial charge in [0.05, 0.1) is 4.90 Å². The molecule has 2 aliphatic rings. The van der Waals surface area contributed by atoms with Gasteiger partial charge in [0.25, 0.3) is 0 Å². The molecule has 1 saturated carbocycles. The normalized spacial score (nSPS) is 23.4. The van der Waals surface area contributed by atoms with Crippen LogP contribution in [0.15, 0.2) is 53.4 Å². The molecule has 36 heavy (non-hydrogen) atoms. The van der Waals surface area contributed by atoms with Crippen LogP contribution in [-0.2, 0) is 31.2 Å². The van der Waals surface area contributed by atoms with Crippen LogP contribution in [-0.4, -0.2) is 57.8 Å². The van der Waals surface area contributed by atoms with E-state index in [2.05, 4.69) is 11.0 Å². The highest BCUT2D eigenvalue weighted by atomic mass is 35.5. The number of benzene rings is 2. The lowest BCUT2D eigenvalue weighted by Crippen LogP contribution is -2.50. The Morgan fingerprint density at radius 3 is 2.42 bits per heavy atom. The average molecular weight is 533 g/mol. The van der Waals surface area contributed by atoms with Crippen LogP contribution < -0.4 is 5.73 Å². The van der Waals surface area contributed by atoms with E-state index in [-0.39, 0.29) is 23.3 Å². The molecule has 6 nitrogen and oxygen atoms in total. The van der Waals surface area contributed by atoms with Crippen molar-refractivity contribution in [3.05, 3.63) is 64.7 Å². The van der Waals surface area contributed by atoms with Crippen LogP contribution in [0.1, 0.15) is 49.7 Å². The molecule has 1 aliphatic carbocycles. The lowest BCUT2D eigenvalue weighted by molar-refractivity contribution is -0.142. The van der Waals surface area contributed by atoms with E-state index in [1.807, 2.05) is 24.3 Å². The van der Waals surface area contributed by atoms with Gasteiger partial charge in [-0.3, -0.25) is 4.79 Å². The predicted octanol–water partition coefficient (Wildman–Crippen LogP) is 4.38. The van der Waals surface area contributed by atoms with Crippen LogP contribution in [0, 0.1) is 5.92 Å². The van der Waals surface area contributed by atoms with Gasteiger partial charge in [0.2, 0.25) is 5.91 Å². The molecular weight excluding hydrogens is 496 g/mol. The summed E-state index contributed by atoms with van der Waals surface area (Å²) in [4.78, 5) is 16.1. The van der Waals surface area contributed by atoms with E-state index in [9.17, 15) is 13.2 Å². The number of halogens is 1. The molecule has 2 N–H and O–H groups in total. The third kappa shape index (κ3) is 6.31. The van der Waals surface area contributed by atoms with Gasteiger partial charge in [0, 0.05) is 55.0 Å². The number of ether oxygens (including phenoxy) is 1. The molecule has 0 unspecified atom stereocenters. The molecule has 4 rings (SSSR count). The first-order valence-electron chi connectivity index (χ1n) is 12.9. The fourth-order valence-electron chi connectivity index (χ4n) is 5.73. The van der Waals surface area contributed by atoms with Gasteiger partial charge < -0.3 is 15.4 Å². The van der Waals surface area contributed by atoms with Crippen molar-refractivity contribution in [2.45, 2.75) is 61.3 Å². The molecule has 0 bridgehead atoms. The zero-order valence-electron chi connectivity index (χ0n) is 21.0. The zero-order chi connectivity index (χ0) is 25.8. The standard InChI is InChI=1S/C28H37ClN2O4S/c1-36(33,34)26-7-2-4-21(18-26)10-15-31(27(32)22-11-16-35-17-12-22)25-8-13-28(20-30,14-9-25)23-5-3-6-24(29)19-23/h2-7,18-19,22,25H,8-17,20,30H2,1H3. The lowest BCUT2D eigenvalue weighted by Gasteiger charge is -2.44. The van der Waals surface area contributed by atoms with Gasteiger partial charge in [0.15, 0.2) is 9.84 Å². The molecule has 1 saturated heterocycles. The van der Waals surface area contributed by atoms with E-state index in [1.165, 1.54) is 11.8 Å². The molecule has 1 amide bonds. The fraction of sp³-hybridized carbons (Fsp3) is 0.536. The number of hydrogen-bond acceptors (Lipinski definition) is 5. The molecule has 2 aromatic rings. The van der Waals surface area contributed by atoms with Crippen molar-refractivity contribution >= 4 is 27.3 Å². The molecule has 0 aromatic heterocycles. The smallest absolute Gasteiger partial charge is 0.226 e. The summed E-state index contributed by atoms with van der Waals surface area (Å²) in [7, 11) is -3.28. The maximum Gasteiger partial charge on any atom is 0.226 e. The van der Waals surface area contributed by atoms with E-state index < -0.39 is 9.84 Å². The minimum atomic E-state index is -3.28. The summed E-state index contributed by atoms with van der Waals surface area (Å²) in [6.07, 6.45) is 6.89. The van der Waals surface area contributed by atoms with E-state index in [1.54, 1.807) is 18.2 Å². The average Bonchev–Trinajstić information content (AvgIpc) is 2.89. The topological polar surface area (TPSA) is 89.7 Å². The Morgan fingerprint density at radius 2 is 1.78 bits per heavy atom. The first kappa shape index (κ1) is 27.1. The van der Waals surface area contributed by atoms with Crippen LogP contribution in [0.4, 0.5) is 0 Å². The Bertz CT molecular complexity index is 1160. The minimum Gasteiger partial charge on any atom is -0.381 e. The Hall–Kier alpha value is -1.93. The maximum atomic E-state index is 13.7. The molecule has 1 heterocycles. The van der Waals surface area contributed by atoms with Crippen LogP contribution in [0.25, 0.3) is 0 Å². The monoisotopic (exact) mass is 532 g/mol. The number of sulfone groups is 1. The summed E-state index contributed by atoms with van der Waals surface area (Å²) in [6.45, 7) is 2.36. The molecule has 2 fully saturated rings. The maximum absolute atomic E-state index is 13.7. The number of amides is 1. The Labute approximate surface area is 220 Å². The summed E-state index contributed by atoms with van der Waals surface area (Å²) in [5, 5.41) is 0.718. The molecule has 2 aromatic carbocycles. The van der Waals surface area contributed by atoms with Gasteiger partial charge in [-0.25, -0.2) is 8.42 Å². The van der Waals surface area contributed by atoms with Crippen LogP contribution >= 0.6 is 11.6 Å². The molecule has 0 spiro atoms. The third-order valence-electron chi connectivity index (χ3n) is 8.00. The SMILES string of the molecule is CS(=O)(=O)c1cccc(CCN(C(=O)C2CCOCC2)C2CCC(CN)(c3cccc(Cl)c3)CC2)c1. The number of rotatable bonds is 8. The highest BCUT2D eigenvalue weighted by Gasteiger charge is 2.39. The molecule has 196 valence electrons. The van der Waals surface area contributed by atoms with E-state index in [4.69, 9.17) is 22.1 Å². The molecule has 0 atom stereocenters. The first-order chi connectivity index (χ1) is 17.2. The second-order valence-corrected chi connectivity index (χ2v) is 12.8. The fourth-order valence-corrected chi connectivity index (χ4v) is 6.61. The van der Waals surface area contributed by atoms with Crippen molar-refractivity contribution < 1.29 is 17.9 Å². The highest BCUT2D eigenvalue weighted by Crippen LogP contribution is 2.41. The molecule has 0 radical (unpaired) electrons. The summed E-state index contributed by atoms with van der Waals surface area (Å²) < 4.78 is 29.5. The van der Waals surface area contributed by atoms with Crippen molar-refractivity contribution in [3.8, 4) is 0 Å². The summed E-state index contributed by atoms with van der Waals surface area (Å²) in [5.41, 5.74) is 8.29. The van der Waals surface area contributed by atoms with E-state index in [0.29, 0.717) is 37.6 Å². The van der Waals surface area contributed by atoms with E-state index >= 15 is 0 Å². The van der Waals surface area contributed by atoms with Crippen molar-refractivity contribution in [3.63, 3.8) is 0 Å². The summed E-state index contributed by atoms with van der Waals surface area (Å²) >= 11 is 6.29. The van der Waals surface area contributed by atoms with Crippen LogP contribution in [0.5, 0.6) is 0 Å². The van der Waals surface area contributed by atoms with Gasteiger partial charge in [-0.2, -0.15) is 0 Å². The van der Waals surface area contributed by atoms with Gasteiger partial charge >= 0.3 is 0 Å². The Morgan fingerprint density at radius 1 is 1.08 bits per heavy atom. The van der Waals surface area contributed by atoms with Gasteiger partial charge in [-0.15, -0.1) is 0 Å². The molecule has 8 heteroatoms. The third-order valence-corrected chi connectivity index (χ3v) is 9.35. The first-order valence-corrected chi connectivity index (χ1v) is 15.1. The Kier molecular flexibility index (Phi) is 8.76. The van der Waals surface area contributed by atoms with Crippen molar-refractivity contribution in [2.75, 3.05) is 32.6 Å². The molecular formula is C28H37ClN2O4S. The lowest BCUT2D eigenvalue weighted by atomic mass is 9.68. The van der Waals surface area contributed by atoms with Crippen molar-refractivity contribution in [1.82, 2.24) is 4.90 Å². The van der Waals surface area contributed by atoms with Crippen LogP contribution in [0.2, 0.25) is 5.02 Å².